The van der Waals surface area contributed by atoms with E-state index in [2.05, 4.69) is 13.0 Å². The number of amides is 1. The van der Waals surface area contributed by atoms with Crippen molar-refractivity contribution in [2.75, 3.05) is 18.1 Å². The third-order valence-electron chi connectivity index (χ3n) is 4.68. The van der Waals surface area contributed by atoms with Crippen LogP contribution in [0.2, 0.25) is 0 Å². The zero-order valence-corrected chi connectivity index (χ0v) is 13.4. The monoisotopic (exact) mass is 302 g/mol. The van der Waals surface area contributed by atoms with Crippen molar-refractivity contribution in [1.82, 2.24) is 0 Å². The normalized spacial score (nSPS) is 18.8. The number of ether oxygens (including phenoxy) is 1. The van der Waals surface area contributed by atoms with Crippen LogP contribution in [0.25, 0.3) is 0 Å². The minimum atomic E-state index is 0.0566. The molecular formula is C18H26N2O2. The zero-order chi connectivity index (χ0) is 15.5. The maximum Gasteiger partial charge on any atom is 0.265 e. The molecule has 1 heterocycles. The van der Waals surface area contributed by atoms with E-state index in [1.54, 1.807) is 0 Å². The summed E-state index contributed by atoms with van der Waals surface area (Å²) in [5.41, 5.74) is 8.34. The first kappa shape index (κ1) is 15.3. The van der Waals surface area contributed by atoms with Gasteiger partial charge in [-0.2, -0.15) is 0 Å². The van der Waals surface area contributed by atoms with Gasteiger partial charge < -0.3 is 15.4 Å². The lowest BCUT2D eigenvalue weighted by Gasteiger charge is -2.30. The molecule has 0 radical (unpaired) electrons. The summed E-state index contributed by atoms with van der Waals surface area (Å²) in [5, 5.41) is 0. The third-order valence-corrected chi connectivity index (χ3v) is 4.68. The van der Waals surface area contributed by atoms with Crippen LogP contribution in [0.5, 0.6) is 5.75 Å². The summed E-state index contributed by atoms with van der Waals surface area (Å²) < 4.78 is 5.57. The van der Waals surface area contributed by atoms with E-state index in [0.717, 1.165) is 36.4 Å². The van der Waals surface area contributed by atoms with Gasteiger partial charge in [-0.15, -0.1) is 0 Å². The molecule has 1 atom stereocenters. The average Bonchev–Trinajstić information content (AvgIpc) is 3.37. The molecule has 1 saturated carbocycles. The van der Waals surface area contributed by atoms with Crippen LogP contribution in [0.3, 0.4) is 0 Å². The molecule has 0 saturated heterocycles. The minimum absolute atomic E-state index is 0.0566. The lowest BCUT2D eigenvalue weighted by atomic mass is 10.0. The van der Waals surface area contributed by atoms with Crippen LogP contribution < -0.4 is 15.4 Å². The molecule has 22 heavy (non-hydrogen) atoms. The first-order valence-corrected chi connectivity index (χ1v) is 8.53. The molecule has 1 aliphatic heterocycles. The largest absolute Gasteiger partial charge is 0.482 e. The van der Waals surface area contributed by atoms with Crippen molar-refractivity contribution in [1.29, 1.82) is 0 Å². The second-order valence-electron chi connectivity index (χ2n) is 6.49. The third kappa shape index (κ3) is 3.27. The maximum absolute atomic E-state index is 12.2. The second kappa shape index (κ2) is 6.69. The van der Waals surface area contributed by atoms with Gasteiger partial charge in [-0.1, -0.05) is 32.3 Å². The molecule has 4 heteroatoms. The van der Waals surface area contributed by atoms with Gasteiger partial charge in [-0.3, -0.25) is 4.79 Å². The number of nitrogens with zero attached hydrogens (tertiary/aromatic N) is 1. The molecule has 2 aliphatic rings. The quantitative estimate of drug-likeness (QED) is 0.785. The molecule has 3 rings (SSSR count). The van der Waals surface area contributed by atoms with Crippen molar-refractivity contribution in [3.05, 3.63) is 23.8 Å². The highest BCUT2D eigenvalue weighted by molar-refractivity contribution is 5.97. The fourth-order valence-corrected chi connectivity index (χ4v) is 3.10. The number of anilines is 1. The fourth-order valence-electron chi connectivity index (χ4n) is 3.10. The number of carbonyl (C=O) groups is 1. The minimum Gasteiger partial charge on any atom is -0.482 e. The first-order chi connectivity index (χ1) is 10.7. The van der Waals surface area contributed by atoms with Crippen molar-refractivity contribution in [3.8, 4) is 5.75 Å². The Balaban J connectivity index is 1.77. The van der Waals surface area contributed by atoms with Crippen LogP contribution in [0, 0.1) is 5.92 Å². The Kier molecular flexibility index (Phi) is 4.67. The van der Waals surface area contributed by atoms with E-state index in [-0.39, 0.29) is 18.6 Å². The van der Waals surface area contributed by atoms with E-state index in [9.17, 15) is 4.79 Å². The number of hydrogen-bond acceptors (Lipinski definition) is 3. The summed E-state index contributed by atoms with van der Waals surface area (Å²) >= 11 is 0. The number of rotatable bonds is 7. The van der Waals surface area contributed by atoms with Gasteiger partial charge in [0.1, 0.15) is 5.75 Å². The van der Waals surface area contributed by atoms with Gasteiger partial charge >= 0.3 is 0 Å². The van der Waals surface area contributed by atoms with Gasteiger partial charge in [0.25, 0.3) is 5.91 Å². The van der Waals surface area contributed by atoms with Gasteiger partial charge in [-0.25, -0.2) is 0 Å². The maximum atomic E-state index is 12.2. The highest BCUT2D eigenvalue weighted by atomic mass is 16.5. The lowest BCUT2D eigenvalue weighted by molar-refractivity contribution is -0.121. The molecule has 1 aliphatic carbocycles. The highest BCUT2D eigenvalue weighted by Crippen LogP contribution is 2.42. The molecule has 1 fully saturated rings. The summed E-state index contributed by atoms with van der Waals surface area (Å²) in [6, 6.07) is 6.17. The van der Waals surface area contributed by atoms with E-state index in [0.29, 0.717) is 5.92 Å². The molecule has 1 amide bonds. The molecule has 0 spiro atoms. The van der Waals surface area contributed by atoms with Gasteiger partial charge in [0.05, 0.1) is 5.69 Å². The molecule has 120 valence electrons. The topological polar surface area (TPSA) is 55.6 Å². The van der Waals surface area contributed by atoms with Crippen LogP contribution in [-0.4, -0.2) is 19.1 Å². The van der Waals surface area contributed by atoms with Gasteiger partial charge in [0.15, 0.2) is 6.61 Å². The van der Waals surface area contributed by atoms with E-state index >= 15 is 0 Å². The summed E-state index contributed by atoms with van der Waals surface area (Å²) in [6.45, 7) is 3.12. The van der Waals surface area contributed by atoms with Crippen LogP contribution in [0.15, 0.2) is 18.2 Å². The Hall–Kier alpha value is -1.55. The lowest BCUT2D eigenvalue weighted by Crippen LogP contribution is -2.39. The summed E-state index contributed by atoms with van der Waals surface area (Å²) in [6.07, 6.45) is 7.06. The SMILES string of the molecule is CCCCCCN1C(=O)COc2ccc(C(N)C3CC3)cc21. The Morgan fingerprint density at radius 1 is 1.32 bits per heavy atom. The number of benzene rings is 1. The van der Waals surface area contributed by atoms with E-state index in [1.165, 1.54) is 25.7 Å². The molecule has 2 N–H and O–H groups in total. The average molecular weight is 302 g/mol. The van der Waals surface area contributed by atoms with Crippen LogP contribution in [0.1, 0.15) is 57.1 Å². The van der Waals surface area contributed by atoms with Crippen molar-refractivity contribution in [2.45, 2.75) is 51.5 Å². The zero-order valence-electron chi connectivity index (χ0n) is 13.4. The van der Waals surface area contributed by atoms with E-state index in [1.807, 2.05) is 17.0 Å². The van der Waals surface area contributed by atoms with E-state index < -0.39 is 0 Å². The number of fused-ring (bicyclic) bond motifs is 1. The van der Waals surface area contributed by atoms with Gasteiger partial charge in [-0.05, 0) is 42.9 Å². The summed E-state index contributed by atoms with van der Waals surface area (Å²) in [7, 11) is 0. The number of hydrogen-bond donors (Lipinski definition) is 1. The Morgan fingerprint density at radius 2 is 2.14 bits per heavy atom. The molecular weight excluding hydrogens is 276 g/mol. The van der Waals surface area contributed by atoms with Crippen molar-refractivity contribution in [3.63, 3.8) is 0 Å². The summed E-state index contributed by atoms with van der Waals surface area (Å²) in [4.78, 5) is 14.1. The Morgan fingerprint density at radius 3 is 2.86 bits per heavy atom. The Labute approximate surface area is 132 Å². The molecule has 1 aromatic carbocycles. The van der Waals surface area contributed by atoms with E-state index in [4.69, 9.17) is 10.5 Å². The van der Waals surface area contributed by atoms with Crippen molar-refractivity contribution in [2.24, 2.45) is 11.7 Å². The number of carbonyl (C=O) groups excluding carboxylic acids is 1. The summed E-state index contributed by atoms with van der Waals surface area (Å²) in [5.74, 6) is 1.47. The van der Waals surface area contributed by atoms with Crippen LogP contribution in [0.4, 0.5) is 5.69 Å². The number of unbranched alkanes of at least 4 members (excludes halogenated alkanes) is 3. The predicted octanol–water partition coefficient (Wildman–Crippen LogP) is 3.40. The van der Waals surface area contributed by atoms with Crippen molar-refractivity contribution >= 4 is 11.6 Å². The van der Waals surface area contributed by atoms with Crippen LogP contribution >= 0.6 is 0 Å². The smallest absolute Gasteiger partial charge is 0.265 e. The number of nitrogens with two attached hydrogens (primary N) is 1. The van der Waals surface area contributed by atoms with Crippen LogP contribution in [-0.2, 0) is 4.79 Å². The molecule has 0 bridgehead atoms. The molecule has 4 nitrogen and oxygen atoms in total. The van der Waals surface area contributed by atoms with Gasteiger partial charge in [0, 0.05) is 12.6 Å². The molecule has 1 unspecified atom stereocenters. The standard InChI is InChI=1S/C18H26N2O2/c1-2-3-4-5-10-20-15-11-14(18(19)13-6-7-13)8-9-16(15)22-12-17(20)21/h8-9,11,13,18H,2-7,10,12,19H2,1H3. The molecule has 0 aromatic heterocycles. The first-order valence-electron chi connectivity index (χ1n) is 8.53. The molecule has 1 aromatic rings. The van der Waals surface area contributed by atoms with Crippen molar-refractivity contribution < 1.29 is 9.53 Å². The highest BCUT2D eigenvalue weighted by Gasteiger charge is 2.31. The Bertz CT molecular complexity index is 540. The second-order valence-corrected chi connectivity index (χ2v) is 6.49. The van der Waals surface area contributed by atoms with Gasteiger partial charge in [0.2, 0.25) is 0 Å². The fraction of sp³-hybridized carbons (Fsp3) is 0.611. The predicted molar refractivity (Wildman–Crippen MR) is 88.1 cm³/mol.